The highest BCUT2D eigenvalue weighted by atomic mass is 16.5. The topological polar surface area (TPSA) is 70.2 Å². The number of rotatable bonds is 5. The first-order chi connectivity index (χ1) is 14.7. The highest BCUT2D eigenvalue weighted by Gasteiger charge is 2.23. The summed E-state index contributed by atoms with van der Waals surface area (Å²) in [5, 5.41) is 18.8. The Morgan fingerprint density at radius 3 is 2.37 bits per heavy atom. The number of benzene rings is 2. The van der Waals surface area contributed by atoms with Crippen LogP contribution in [0.15, 0.2) is 54.6 Å². The molecule has 0 atom stereocenters. The minimum atomic E-state index is 0.462. The zero-order valence-electron chi connectivity index (χ0n) is 17.2. The summed E-state index contributed by atoms with van der Waals surface area (Å²) in [6.45, 7) is 2.78. The third kappa shape index (κ3) is 4.04. The van der Waals surface area contributed by atoms with E-state index in [0.717, 1.165) is 36.0 Å². The number of aromatic nitrogens is 3. The maximum absolute atomic E-state index is 9.93. The number of hydrogen-bond acceptors (Lipinski definition) is 6. The molecular weight excluding hydrogens is 376 g/mol. The van der Waals surface area contributed by atoms with E-state index in [1.807, 2.05) is 84.2 Å². The molecule has 0 N–H and O–H groups in total. The third-order valence-corrected chi connectivity index (χ3v) is 5.04. The van der Waals surface area contributed by atoms with Crippen molar-refractivity contribution in [1.29, 1.82) is 5.26 Å². The smallest absolute Gasteiger partial charge is 0.232 e. The van der Waals surface area contributed by atoms with Gasteiger partial charge in [-0.1, -0.05) is 30.3 Å². The zero-order chi connectivity index (χ0) is 20.9. The number of nitriles is 1. The number of allylic oxidation sites excluding steroid dienone is 1. The summed E-state index contributed by atoms with van der Waals surface area (Å²) in [5.74, 6) is 1.26. The summed E-state index contributed by atoms with van der Waals surface area (Å²) in [6.07, 6.45) is 1.85. The molecule has 1 aliphatic heterocycles. The number of ether oxygens (including phenoxy) is 1. The van der Waals surface area contributed by atoms with Crippen molar-refractivity contribution in [1.82, 2.24) is 14.8 Å². The highest BCUT2D eigenvalue weighted by molar-refractivity contribution is 5.88. The largest absolute Gasteiger partial charge is 0.378 e. The summed E-state index contributed by atoms with van der Waals surface area (Å²) in [7, 11) is 4.00. The van der Waals surface area contributed by atoms with E-state index in [1.54, 1.807) is 0 Å². The molecule has 30 heavy (non-hydrogen) atoms. The van der Waals surface area contributed by atoms with Crippen molar-refractivity contribution in [3.63, 3.8) is 0 Å². The fourth-order valence-corrected chi connectivity index (χ4v) is 3.42. The fourth-order valence-electron chi connectivity index (χ4n) is 3.42. The van der Waals surface area contributed by atoms with Crippen LogP contribution in [0.3, 0.4) is 0 Å². The normalized spacial score (nSPS) is 14.4. The Hall–Kier alpha value is -3.63. The van der Waals surface area contributed by atoms with E-state index < -0.39 is 0 Å². The molecule has 152 valence electrons. The van der Waals surface area contributed by atoms with Crippen LogP contribution in [0.5, 0.6) is 0 Å². The molecule has 0 saturated carbocycles. The standard InChI is InChI=1S/C23H24N6O/c1-27(2)20-10-8-18(9-11-20)16-19(17-24)22-25-26-23(28-12-14-30-15-13-28)29(22)21-6-4-3-5-7-21/h3-11,16H,12-15H2,1-2H3/b19-16+. The average Bonchev–Trinajstić information content (AvgIpc) is 3.24. The number of morpholine rings is 1. The molecule has 7 nitrogen and oxygen atoms in total. The van der Waals surface area contributed by atoms with Gasteiger partial charge in [0.25, 0.3) is 0 Å². The van der Waals surface area contributed by atoms with Gasteiger partial charge in [-0.3, -0.25) is 4.57 Å². The Labute approximate surface area is 176 Å². The molecule has 1 saturated heterocycles. The second kappa shape index (κ2) is 8.80. The van der Waals surface area contributed by atoms with E-state index in [0.29, 0.717) is 24.6 Å². The maximum atomic E-state index is 9.93. The number of nitrogens with zero attached hydrogens (tertiary/aromatic N) is 6. The van der Waals surface area contributed by atoms with Crippen LogP contribution in [0.1, 0.15) is 11.4 Å². The van der Waals surface area contributed by atoms with Crippen LogP contribution in [-0.2, 0) is 4.74 Å². The maximum Gasteiger partial charge on any atom is 0.232 e. The summed E-state index contributed by atoms with van der Waals surface area (Å²) >= 11 is 0. The Bertz CT molecular complexity index is 1060. The third-order valence-electron chi connectivity index (χ3n) is 5.04. The van der Waals surface area contributed by atoms with Crippen LogP contribution in [0, 0.1) is 11.3 Å². The lowest BCUT2D eigenvalue weighted by Gasteiger charge is -2.28. The van der Waals surface area contributed by atoms with Gasteiger partial charge in [0.05, 0.1) is 24.5 Å². The SMILES string of the molecule is CN(C)c1ccc(/C=C(\C#N)c2nnc(N3CCOCC3)n2-c2ccccc2)cc1. The van der Waals surface area contributed by atoms with E-state index in [-0.39, 0.29) is 0 Å². The van der Waals surface area contributed by atoms with Crippen molar-refractivity contribution in [2.45, 2.75) is 0 Å². The molecule has 1 aromatic heterocycles. The second-order valence-electron chi connectivity index (χ2n) is 7.25. The van der Waals surface area contributed by atoms with Crippen molar-refractivity contribution in [2.24, 2.45) is 0 Å². The second-order valence-corrected chi connectivity index (χ2v) is 7.25. The van der Waals surface area contributed by atoms with Gasteiger partial charge < -0.3 is 14.5 Å². The zero-order valence-corrected chi connectivity index (χ0v) is 17.2. The molecule has 4 rings (SSSR count). The molecular formula is C23H24N6O. The van der Waals surface area contributed by atoms with Crippen LogP contribution < -0.4 is 9.80 Å². The van der Waals surface area contributed by atoms with E-state index in [4.69, 9.17) is 4.74 Å². The number of anilines is 2. The molecule has 2 heterocycles. The van der Waals surface area contributed by atoms with Crippen LogP contribution in [0.4, 0.5) is 11.6 Å². The van der Waals surface area contributed by atoms with Gasteiger partial charge in [0.2, 0.25) is 5.95 Å². The van der Waals surface area contributed by atoms with Gasteiger partial charge in [0, 0.05) is 32.9 Å². The number of para-hydroxylation sites is 1. The van der Waals surface area contributed by atoms with Crippen LogP contribution in [-0.4, -0.2) is 55.2 Å². The van der Waals surface area contributed by atoms with Gasteiger partial charge in [0.1, 0.15) is 6.07 Å². The molecule has 0 amide bonds. The Morgan fingerprint density at radius 1 is 1.03 bits per heavy atom. The van der Waals surface area contributed by atoms with Crippen LogP contribution in [0.25, 0.3) is 17.3 Å². The fraction of sp³-hybridized carbons (Fsp3) is 0.261. The molecule has 0 unspecified atom stereocenters. The summed E-state index contributed by atoms with van der Waals surface area (Å²) < 4.78 is 7.43. The van der Waals surface area contributed by atoms with Gasteiger partial charge in [0.15, 0.2) is 5.82 Å². The van der Waals surface area contributed by atoms with Crippen molar-refractivity contribution < 1.29 is 4.74 Å². The quantitative estimate of drug-likeness (QED) is 0.613. The minimum Gasteiger partial charge on any atom is -0.378 e. The van der Waals surface area contributed by atoms with Gasteiger partial charge in [-0.2, -0.15) is 5.26 Å². The Balaban J connectivity index is 1.78. The van der Waals surface area contributed by atoms with E-state index in [9.17, 15) is 5.26 Å². The van der Waals surface area contributed by atoms with Gasteiger partial charge >= 0.3 is 0 Å². The van der Waals surface area contributed by atoms with Gasteiger partial charge in [-0.15, -0.1) is 10.2 Å². The average molecular weight is 400 g/mol. The van der Waals surface area contributed by atoms with Gasteiger partial charge in [-0.25, -0.2) is 0 Å². The molecule has 0 spiro atoms. The molecule has 2 aromatic carbocycles. The highest BCUT2D eigenvalue weighted by Crippen LogP contribution is 2.26. The summed E-state index contributed by atoms with van der Waals surface area (Å²) in [4.78, 5) is 4.19. The predicted molar refractivity (Wildman–Crippen MR) is 119 cm³/mol. The van der Waals surface area contributed by atoms with Crippen LogP contribution >= 0.6 is 0 Å². The molecule has 1 aliphatic rings. The number of hydrogen-bond donors (Lipinski definition) is 0. The predicted octanol–water partition coefficient (Wildman–Crippen LogP) is 3.23. The molecule has 0 bridgehead atoms. The van der Waals surface area contributed by atoms with E-state index >= 15 is 0 Å². The Morgan fingerprint density at radius 2 is 1.73 bits per heavy atom. The molecule has 1 fully saturated rings. The van der Waals surface area contributed by atoms with Gasteiger partial charge in [-0.05, 0) is 35.9 Å². The lowest BCUT2D eigenvalue weighted by Crippen LogP contribution is -2.38. The first kappa shape index (κ1) is 19.7. The lowest BCUT2D eigenvalue weighted by molar-refractivity contribution is 0.122. The first-order valence-corrected chi connectivity index (χ1v) is 9.90. The molecule has 0 radical (unpaired) electrons. The lowest BCUT2D eigenvalue weighted by atomic mass is 10.1. The molecule has 0 aliphatic carbocycles. The first-order valence-electron chi connectivity index (χ1n) is 9.90. The summed E-state index contributed by atoms with van der Waals surface area (Å²) in [6, 6.07) is 20.3. The van der Waals surface area contributed by atoms with Crippen molar-refractivity contribution in [2.75, 3.05) is 50.2 Å². The monoisotopic (exact) mass is 400 g/mol. The summed E-state index contributed by atoms with van der Waals surface area (Å²) in [5.41, 5.74) is 3.42. The molecule has 7 heteroatoms. The Kier molecular flexibility index (Phi) is 5.77. The van der Waals surface area contributed by atoms with Crippen molar-refractivity contribution in [3.05, 3.63) is 66.0 Å². The van der Waals surface area contributed by atoms with E-state index in [2.05, 4.69) is 21.2 Å². The van der Waals surface area contributed by atoms with Crippen molar-refractivity contribution >= 4 is 23.3 Å². The van der Waals surface area contributed by atoms with Crippen LogP contribution in [0.2, 0.25) is 0 Å². The van der Waals surface area contributed by atoms with Crippen molar-refractivity contribution in [3.8, 4) is 11.8 Å². The van der Waals surface area contributed by atoms with E-state index in [1.165, 1.54) is 0 Å². The molecule has 3 aromatic rings. The minimum absolute atomic E-state index is 0.462.